The summed E-state index contributed by atoms with van der Waals surface area (Å²) >= 11 is 0. The molecule has 1 heterocycles. The van der Waals surface area contributed by atoms with Crippen LogP contribution in [0.15, 0.2) is 133 Å². The molecule has 0 aliphatic carbocycles. The number of benzene rings is 5. The Bertz CT molecular complexity index is 1590. The highest BCUT2D eigenvalue weighted by molar-refractivity contribution is 5.84. The highest BCUT2D eigenvalue weighted by Gasteiger charge is 2.41. The summed E-state index contributed by atoms with van der Waals surface area (Å²) in [6.07, 6.45) is 0. The van der Waals surface area contributed by atoms with Gasteiger partial charge in [0.15, 0.2) is 5.82 Å². The summed E-state index contributed by atoms with van der Waals surface area (Å²) in [6, 6.07) is 46.5. The van der Waals surface area contributed by atoms with Gasteiger partial charge in [-0.15, -0.1) is 5.10 Å². The van der Waals surface area contributed by atoms with Gasteiger partial charge in [0.25, 0.3) is 0 Å². The number of H-pyrrole nitrogens is 1. The molecule has 0 aliphatic rings. The Hall–Kier alpha value is -4.87. The maximum atomic E-state index is 5.84. The summed E-state index contributed by atoms with van der Waals surface area (Å²) < 4.78 is 0. The van der Waals surface area contributed by atoms with Gasteiger partial charge >= 0.3 is 0 Å². The Morgan fingerprint density at radius 1 is 0.579 bits per heavy atom. The predicted octanol–water partition coefficient (Wildman–Crippen LogP) is 6.38. The lowest BCUT2D eigenvalue weighted by Gasteiger charge is -2.33. The first-order valence-electron chi connectivity index (χ1n) is 12.7. The van der Waals surface area contributed by atoms with E-state index in [2.05, 4.69) is 142 Å². The molecule has 184 valence electrons. The molecule has 0 bridgehead atoms. The van der Waals surface area contributed by atoms with Crippen LogP contribution in [0.3, 0.4) is 0 Å². The molecule has 3 N–H and O–H groups in total. The van der Waals surface area contributed by atoms with E-state index in [0.29, 0.717) is 12.4 Å². The lowest BCUT2D eigenvalue weighted by molar-refractivity contribution is 0.682. The van der Waals surface area contributed by atoms with E-state index in [1.54, 1.807) is 0 Å². The van der Waals surface area contributed by atoms with Crippen molar-refractivity contribution in [1.29, 1.82) is 0 Å². The van der Waals surface area contributed by atoms with Crippen LogP contribution in [-0.4, -0.2) is 20.6 Å². The van der Waals surface area contributed by atoms with Crippen LogP contribution in [0.5, 0.6) is 0 Å². The van der Waals surface area contributed by atoms with Gasteiger partial charge in [0.2, 0.25) is 0 Å². The van der Waals surface area contributed by atoms with Crippen LogP contribution < -0.4 is 5.73 Å². The molecule has 0 aliphatic heterocycles. The third-order valence-electron chi connectivity index (χ3n) is 7.15. The van der Waals surface area contributed by atoms with Crippen LogP contribution in [0.25, 0.3) is 22.3 Å². The van der Waals surface area contributed by atoms with Crippen molar-refractivity contribution < 1.29 is 0 Å². The maximum Gasteiger partial charge on any atom is 0.168 e. The molecule has 0 spiro atoms. The number of nitrogens with zero attached hydrogens (tertiary/aromatic N) is 3. The van der Waals surface area contributed by atoms with Gasteiger partial charge in [-0.1, -0.05) is 127 Å². The summed E-state index contributed by atoms with van der Waals surface area (Å²) in [5, 5.41) is 15.5. The van der Waals surface area contributed by atoms with Crippen LogP contribution >= 0.6 is 0 Å². The SMILES string of the molecule is NCc1ccc(-c2ccccc2-c2cccc(C(c3ccccc3)(c3ccccc3)c3nnn[nH]3)c2)cc1. The van der Waals surface area contributed by atoms with Crippen molar-refractivity contribution in [3.63, 3.8) is 0 Å². The highest BCUT2D eigenvalue weighted by atomic mass is 15.5. The fraction of sp³-hybridized carbons (Fsp3) is 0.0606. The zero-order chi connectivity index (χ0) is 25.8. The van der Waals surface area contributed by atoms with E-state index >= 15 is 0 Å². The van der Waals surface area contributed by atoms with Gasteiger partial charge in [0, 0.05) is 6.54 Å². The summed E-state index contributed by atoms with van der Waals surface area (Å²) in [4.78, 5) is 0. The number of tetrazole rings is 1. The number of hydrogen-bond donors (Lipinski definition) is 2. The second-order valence-electron chi connectivity index (χ2n) is 9.26. The minimum absolute atomic E-state index is 0.529. The number of aromatic amines is 1. The van der Waals surface area contributed by atoms with Gasteiger partial charge in [0.1, 0.15) is 5.41 Å². The van der Waals surface area contributed by atoms with E-state index in [9.17, 15) is 0 Å². The number of aromatic nitrogens is 4. The number of nitrogens with two attached hydrogens (primary N) is 1. The van der Waals surface area contributed by atoms with Crippen LogP contribution in [-0.2, 0) is 12.0 Å². The van der Waals surface area contributed by atoms with E-state index in [0.717, 1.165) is 38.9 Å². The quantitative estimate of drug-likeness (QED) is 0.253. The largest absolute Gasteiger partial charge is 0.326 e. The fourth-order valence-corrected chi connectivity index (χ4v) is 5.33. The Morgan fingerprint density at radius 2 is 1.16 bits per heavy atom. The van der Waals surface area contributed by atoms with Gasteiger partial charge in [-0.25, -0.2) is 5.10 Å². The summed E-state index contributed by atoms with van der Waals surface area (Å²) in [5.41, 5.74) is 14.0. The summed E-state index contributed by atoms with van der Waals surface area (Å²) in [6.45, 7) is 0.529. The van der Waals surface area contributed by atoms with Gasteiger partial charge in [-0.05, 0) is 61.0 Å². The normalized spacial score (nSPS) is 11.4. The van der Waals surface area contributed by atoms with E-state index in [4.69, 9.17) is 5.73 Å². The van der Waals surface area contributed by atoms with Crippen molar-refractivity contribution in [2.75, 3.05) is 0 Å². The third-order valence-corrected chi connectivity index (χ3v) is 7.15. The molecular weight excluding hydrogens is 466 g/mol. The second kappa shape index (κ2) is 10.2. The molecule has 5 heteroatoms. The van der Waals surface area contributed by atoms with Crippen molar-refractivity contribution >= 4 is 0 Å². The molecule has 0 fully saturated rings. The molecule has 0 atom stereocenters. The molecule has 5 aromatic carbocycles. The van der Waals surface area contributed by atoms with Gasteiger partial charge in [0.05, 0.1) is 0 Å². The molecule has 38 heavy (non-hydrogen) atoms. The molecule has 0 saturated heterocycles. The van der Waals surface area contributed by atoms with Gasteiger partial charge in [-0.2, -0.15) is 0 Å². The molecule has 6 rings (SSSR count). The van der Waals surface area contributed by atoms with Crippen LogP contribution in [0.2, 0.25) is 0 Å². The standard InChI is InChI=1S/C33H27N5/c34-23-24-18-20-25(21-19-24)30-16-7-8-17-31(30)26-10-9-15-29(22-26)33(32-35-37-38-36-32,27-11-3-1-4-12-27)28-13-5-2-6-14-28/h1-22H,23,34H2,(H,35,36,37,38). The molecule has 0 amide bonds. The number of rotatable bonds is 7. The highest BCUT2D eigenvalue weighted by Crippen LogP contribution is 2.44. The van der Waals surface area contributed by atoms with Crippen LogP contribution in [0, 0.1) is 0 Å². The topological polar surface area (TPSA) is 80.5 Å². The average molecular weight is 494 g/mol. The third kappa shape index (κ3) is 4.09. The number of hydrogen-bond acceptors (Lipinski definition) is 4. The molecule has 1 aromatic heterocycles. The lowest BCUT2D eigenvalue weighted by Crippen LogP contribution is -2.32. The average Bonchev–Trinajstić information content (AvgIpc) is 3.54. The van der Waals surface area contributed by atoms with Crippen molar-refractivity contribution in [2.24, 2.45) is 5.73 Å². The minimum atomic E-state index is -0.736. The zero-order valence-corrected chi connectivity index (χ0v) is 20.8. The summed E-state index contributed by atoms with van der Waals surface area (Å²) in [5.74, 6) is 0.665. The molecule has 6 aromatic rings. The van der Waals surface area contributed by atoms with Crippen molar-refractivity contribution in [1.82, 2.24) is 20.6 Å². The van der Waals surface area contributed by atoms with E-state index < -0.39 is 5.41 Å². The molecule has 0 radical (unpaired) electrons. The smallest absolute Gasteiger partial charge is 0.168 e. The van der Waals surface area contributed by atoms with Crippen molar-refractivity contribution in [3.05, 3.63) is 162 Å². The summed E-state index contributed by atoms with van der Waals surface area (Å²) in [7, 11) is 0. The fourth-order valence-electron chi connectivity index (χ4n) is 5.33. The molecule has 0 saturated carbocycles. The van der Waals surface area contributed by atoms with Gasteiger partial charge < -0.3 is 5.73 Å². The van der Waals surface area contributed by atoms with Crippen molar-refractivity contribution in [3.8, 4) is 22.3 Å². The van der Waals surface area contributed by atoms with Crippen LogP contribution in [0.1, 0.15) is 28.1 Å². The van der Waals surface area contributed by atoms with E-state index in [1.807, 2.05) is 12.1 Å². The molecular formula is C33H27N5. The zero-order valence-electron chi connectivity index (χ0n) is 20.8. The van der Waals surface area contributed by atoms with Crippen LogP contribution in [0.4, 0.5) is 0 Å². The minimum Gasteiger partial charge on any atom is -0.326 e. The first-order chi connectivity index (χ1) is 18.8. The molecule has 5 nitrogen and oxygen atoms in total. The Balaban J connectivity index is 1.59. The van der Waals surface area contributed by atoms with Gasteiger partial charge in [-0.3, -0.25) is 0 Å². The monoisotopic (exact) mass is 493 g/mol. The Morgan fingerprint density at radius 3 is 1.74 bits per heavy atom. The first-order valence-corrected chi connectivity index (χ1v) is 12.7. The van der Waals surface area contributed by atoms with E-state index in [1.165, 1.54) is 5.56 Å². The molecule has 0 unspecified atom stereocenters. The second-order valence-corrected chi connectivity index (χ2v) is 9.26. The number of nitrogens with one attached hydrogen (secondary N) is 1. The maximum absolute atomic E-state index is 5.84. The van der Waals surface area contributed by atoms with Crippen molar-refractivity contribution in [2.45, 2.75) is 12.0 Å². The first kappa shape index (κ1) is 23.5. The Labute approximate surface area is 222 Å². The predicted molar refractivity (Wildman–Crippen MR) is 151 cm³/mol. The lowest BCUT2D eigenvalue weighted by atomic mass is 9.68. The van der Waals surface area contributed by atoms with E-state index in [-0.39, 0.29) is 0 Å². The Kier molecular flexibility index (Phi) is 6.34.